The van der Waals surface area contributed by atoms with E-state index in [9.17, 15) is 5.11 Å². The predicted molar refractivity (Wildman–Crippen MR) is 61.8 cm³/mol. The van der Waals surface area contributed by atoms with E-state index in [1.54, 1.807) is 7.11 Å². The summed E-state index contributed by atoms with van der Waals surface area (Å²) in [6.45, 7) is 0.843. The number of aliphatic hydroxyl groups is 1. The zero-order valence-corrected chi connectivity index (χ0v) is 9.89. The summed E-state index contributed by atoms with van der Waals surface area (Å²) in [7, 11) is 1.74. The molecular weight excluding hydrogens is 196 g/mol. The first-order valence-electron chi connectivity index (χ1n) is 5.63. The molecule has 1 aliphatic carbocycles. The second-order valence-corrected chi connectivity index (χ2v) is 5.31. The number of methoxy groups -OCH3 is 1. The summed E-state index contributed by atoms with van der Waals surface area (Å²) >= 11 is 1.93. The fraction of sp³-hybridized carbons (Fsp3) is 1.00. The second kappa shape index (κ2) is 7.55. The maximum absolute atomic E-state index is 9.85. The molecule has 0 amide bonds. The Kier molecular flexibility index (Phi) is 6.65. The van der Waals surface area contributed by atoms with Crippen molar-refractivity contribution in [2.45, 2.75) is 49.9 Å². The van der Waals surface area contributed by atoms with Crippen LogP contribution < -0.4 is 0 Å². The van der Waals surface area contributed by atoms with Crippen LogP contribution in [0.25, 0.3) is 0 Å². The molecule has 1 N–H and O–H groups in total. The fourth-order valence-corrected chi connectivity index (χ4v) is 3.17. The van der Waals surface area contributed by atoms with Crippen LogP contribution in [0.1, 0.15) is 38.5 Å². The van der Waals surface area contributed by atoms with Crippen molar-refractivity contribution in [3.05, 3.63) is 0 Å². The van der Waals surface area contributed by atoms with E-state index in [0.29, 0.717) is 5.25 Å². The van der Waals surface area contributed by atoms with Crippen molar-refractivity contribution in [2.24, 2.45) is 0 Å². The summed E-state index contributed by atoms with van der Waals surface area (Å²) in [4.78, 5) is 0. The highest BCUT2D eigenvalue weighted by molar-refractivity contribution is 7.99. The number of thioether (sulfide) groups is 1. The Labute approximate surface area is 91.4 Å². The SMILES string of the molecule is COCCCSC1CCCCCC1O. The third-order valence-electron chi connectivity index (χ3n) is 2.74. The van der Waals surface area contributed by atoms with Crippen LogP contribution in [0, 0.1) is 0 Å². The van der Waals surface area contributed by atoms with E-state index < -0.39 is 0 Å². The average Bonchev–Trinajstić information content (AvgIpc) is 2.39. The lowest BCUT2D eigenvalue weighted by atomic mass is 10.1. The number of hydrogen-bond acceptors (Lipinski definition) is 3. The van der Waals surface area contributed by atoms with Crippen LogP contribution in [0.2, 0.25) is 0 Å². The van der Waals surface area contributed by atoms with Crippen molar-refractivity contribution in [3.8, 4) is 0 Å². The lowest BCUT2D eigenvalue weighted by molar-refractivity contribution is 0.163. The number of rotatable bonds is 5. The molecule has 0 bridgehead atoms. The molecule has 2 unspecified atom stereocenters. The molecule has 14 heavy (non-hydrogen) atoms. The molecule has 3 heteroatoms. The maximum atomic E-state index is 9.85. The number of hydrogen-bond donors (Lipinski definition) is 1. The molecule has 0 aromatic heterocycles. The van der Waals surface area contributed by atoms with Crippen molar-refractivity contribution < 1.29 is 9.84 Å². The van der Waals surface area contributed by atoms with Gasteiger partial charge in [0.05, 0.1) is 6.10 Å². The van der Waals surface area contributed by atoms with Gasteiger partial charge in [0, 0.05) is 19.0 Å². The van der Waals surface area contributed by atoms with Gasteiger partial charge in [0.2, 0.25) is 0 Å². The topological polar surface area (TPSA) is 29.5 Å². The summed E-state index contributed by atoms with van der Waals surface area (Å²) in [5.74, 6) is 1.12. The summed E-state index contributed by atoms with van der Waals surface area (Å²) in [5, 5.41) is 10.3. The Balaban J connectivity index is 2.13. The molecular formula is C11H22O2S. The van der Waals surface area contributed by atoms with Gasteiger partial charge in [0.25, 0.3) is 0 Å². The minimum Gasteiger partial charge on any atom is -0.392 e. The van der Waals surface area contributed by atoms with E-state index in [2.05, 4.69) is 0 Å². The minimum absolute atomic E-state index is 0.0648. The zero-order valence-electron chi connectivity index (χ0n) is 9.08. The van der Waals surface area contributed by atoms with Crippen LogP contribution >= 0.6 is 11.8 Å². The summed E-state index contributed by atoms with van der Waals surface area (Å²) in [5.41, 5.74) is 0. The van der Waals surface area contributed by atoms with Crippen LogP contribution in [0.4, 0.5) is 0 Å². The van der Waals surface area contributed by atoms with Crippen molar-refractivity contribution in [2.75, 3.05) is 19.5 Å². The van der Waals surface area contributed by atoms with E-state index in [4.69, 9.17) is 4.74 Å². The van der Waals surface area contributed by atoms with Crippen LogP contribution in [0.15, 0.2) is 0 Å². The van der Waals surface area contributed by atoms with Gasteiger partial charge in [-0.15, -0.1) is 0 Å². The van der Waals surface area contributed by atoms with Gasteiger partial charge >= 0.3 is 0 Å². The smallest absolute Gasteiger partial charge is 0.0658 e. The lowest BCUT2D eigenvalue weighted by Gasteiger charge is -2.19. The van der Waals surface area contributed by atoms with Crippen molar-refractivity contribution in [1.82, 2.24) is 0 Å². The molecule has 0 heterocycles. The second-order valence-electron chi connectivity index (χ2n) is 3.96. The van der Waals surface area contributed by atoms with Gasteiger partial charge in [0.1, 0.15) is 0 Å². The molecule has 0 aromatic carbocycles. The Hall–Kier alpha value is 0.270. The first-order chi connectivity index (χ1) is 6.84. The Morgan fingerprint density at radius 3 is 2.86 bits per heavy atom. The summed E-state index contributed by atoms with van der Waals surface area (Å²) < 4.78 is 5.01. The molecule has 0 aliphatic heterocycles. The van der Waals surface area contributed by atoms with Gasteiger partial charge in [-0.2, -0.15) is 11.8 Å². The van der Waals surface area contributed by atoms with Crippen LogP contribution in [-0.2, 0) is 4.74 Å². The van der Waals surface area contributed by atoms with Gasteiger partial charge in [0.15, 0.2) is 0 Å². The number of ether oxygens (including phenoxy) is 1. The van der Waals surface area contributed by atoms with E-state index in [1.165, 1.54) is 25.7 Å². The zero-order chi connectivity index (χ0) is 10.2. The fourth-order valence-electron chi connectivity index (χ4n) is 1.89. The third kappa shape index (κ3) is 4.67. The largest absolute Gasteiger partial charge is 0.392 e. The highest BCUT2D eigenvalue weighted by Gasteiger charge is 2.21. The molecule has 1 fully saturated rings. The predicted octanol–water partition coefficient (Wildman–Crippen LogP) is 2.45. The molecule has 2 atom stereocenters. The monoisotopic (exact) mass is 218 g/mol. The van der Waals surface area contributed by atoms with Crippen LogP contribution in [0.5, 0.6) is 0 Å². The van der Waals surface area contributed by atoms with E-state index in [1.807, 2.05) is 11.8 Å². The van der Waals surface area contributed by atoms with Gasteiger partial charge in [-0.3, -0.25) is 0 Å². The van der Waals surface area contributed by atoms with Crippen molar-refractivity contribution in [1.29, 1.82) is 0 Å². The lowest BCUT2D eigenvalue weighted by Crippen LogP contribution is -2.21. The molecule has 0 spiro atoms. The summed E-state index contributed by atoms with van der Waals surface area (Å²) in [6.07, 6.45) is 7.03. The van der Waals surface area contributed by atoms with Crippen LogP contribution in [-0.4, -0.2) is 35.9 Å². The molecule has 1 rings (SSSR count). The molecule has 84 valence electrons. The first-order valence-corrected chi connectivity index (χ1v) is 6.68. The highest BCUT2D eigenvalue weighted by atomic mass is 32.2. The molecule has 0 radical (unpaired) electrons. The number of aliphatic hydroxyl groups excluding tert-OH is 1. The van der Waals surface area contributed by atoms with Crippen molar-refractivity contribution >= 4 is 11.8 Å². The first kappa shape index (κ1) is 12.3. The Bertz CT molecular complexity index is 141. The minimum atomic E-state index is -0.0648. The molecule has 0 aromatic rings. The highest BCUT2D eigenvalue weighted by Crippen LogP contribution is 2.28. The molecule has 0 saturated heterocycles. The van der Waals surface area contributed by atoms with Gasteiger partial charge in [-0.25, -0.2) is 0 Å². The molecule has 2 nitrogen and oxygen atoms in total. The Morgan fingerprint density at radius 2 is 2.07 bits per heavy atom. The van der Waals surface area contributed by atoms with Gasteiger partial charge < -0.3 is 9.84 Å². The van der Waals surface area contributed by atoms with E-state index >= 15 is 0 Å². The van der Waals surface area contributed by atoms with Crippen LogP contribution in [0.3, 0.4) is 0 Å². The third-order valence-corrected chi connectivity index (χ3v) is 4.24. The van der Waals surface area contributed by atoms with E-state index in [0.717, 1.165) is 25.2 Å². The average molecular weight is 218 g/mol. The summed E-state index contributed by atoms with van der Waals surface area (Å²) in [6, 6.07) is 0. The normalized spacial score (nSPS) is 28.7. The van der Waals surface area contributed by atoms with Crippen molar-refractivity contribution in [3.63, 3.8) is 0 Å². The quantitative estimate of drug-likeness (QED) is 0.568. The Morgan fingerprint density at radius 1 is 1.29 bits per heavy atom. The van der Waals surface area contributed by atoms with Gasteiger partial charge in [-0.1, -0.05) is 19.3 Å². The molecule has 1 saturated carbocycles. The maximum Gasteiger partial charge on any atom is 0.0658 e. The van der Waals surface area contributed by atoms with Gasteiger partial charge in [-0.05, 0) is 25.0 Å². The standard InChI is InChI=1S/C11H22O2S/c1-13-8-5-9-14-11-7-4-2-3-6-10(11)12/h10-12H,2-9H2,1H3. The van der Waals surface area contributed by atoms with E-state index in [-0.39, 0.29) is 6.10 Å². The molecule has 1 aliphatic rings.